The zero-order valence-corrected chi connectivity index (χ0v) is 19.1. The number of fused-ring (bicyclic) bond motifs is 6. The molecule has 8 unspecified atom stereocenters. The molecule has 2 heteroatoms. The van der Waals surface area contributed by atoms with Crippen molar-refractivity contribution in [3.63, 3.8) is 0 Å². The van der Waals surface area contributed by atoms with Crippen LogP contribution in [0.3, 0.4) is 0 Å². The van der Waals surface area contributed by atoms with Gasteiger partial charge in [-0.05, 0) is 108 Å². The molecule has 0 amide bonds. The Morgan fingerprint density at radius 3 is 1.11 bits per heavy atom. The molecule has 4 aliphatic carbocycles. The lowest BCUT2D eigenvalue weighted by Crippen LogP contribution is -2.30. The molecule has 6 fully saturated rings. The molecule has 1 aromatic carbocycles. The first-order valence-electron chi connectivity index (χ1n) is 12.6. The van der Waals surface area contributed by atoms with Gasteiger partial charge in [-0.15, -0.1) is 0 Å². The van der Waals surface area contributed by atoms with E-state index in [0.29, 0.717) is 0 Å². The van der Waals surface area contributed by atoms with E-state index in [1.54, 1.807) is 77.0 Å². The lowest BCUT2D eigenvalue weighted by molar-refractivity contribution is 0.384. The van der Waals surface area contributed by atoms with E-state index in [-0.39, 0.29) is 15.8 Å². The second kappa shape index (κ2) is 6.79. The van der Waals surface area contributed by atoms with E-state index in [0.717, 1.165) is 46.3 Å². The normalized spacial score (nSPS) is 51.3. The maximum Gasteiger partial charge on any atom is -0.0135 e. The van der Waals surface area contributed by atoms with Crippen LogP contribution in [-0.4, -0.2) is 22.6 Å². The van der Waals surface area contributed by atoms with E-state index in [9.17, 15) is 0 Å². The zero-order valence-electron chi connectivity index (χ0n) is 17.3. The highest BCUT2D eigenvalue weighted by atomic mass is 31.1. The van der Waals surface area contributed by atoms with Gasteiger partial charge >= 0.3 is 0 Å². The minimum absolute atomic E-state index is 0.122. The van der Waals surface area contributed by atoms with Gasteiger partial charge in [-0.1, -0.05) is 65.8 Å². The highest BCUT2D eigenvalue weighted by Crippen LogP contribution is 2.72. The monoisotopic (exact) mass is 410 g/mol. The Hall–Kier alpha value is 0.0800. The van der Waals surface area contributed by atoms with Gasteiger partial charge in [0.25, 0.3) is 0 Å². The molecule has 2 aliphatic heterocycles. The van der Waals surface area contributed by atoms with E-state index in [4.69, 9.17) is 0 Å². The van der Waals surface area contributed by atoms with Crippen LogP contribution < -0.4 is 10.6 Å². The lowest BCUT2D eigenvalue weighted by atomic mass is 9.90. The predicted molar refractivity (Wildman–Crippen MR) is 124 cm³/mol. The SMILES string of the molecule is c1ccc(P2C3CCCC3C3CCCC32)c(P2C3CCCC3C3CCCC32)c1. The van der Waals surface area contributed by atoms with Crippen molar-refractivity contribution in [2.75, 3.05) is 0 Å². The van der Waals surface area contributed by atoms with Crippen LogP contribution >= 0.6 is 15.8 Å². The zero-order chi connectivity index (χ0) is 18.2. The van der Waals surface area contributed by atoms with Crippen molar-refractivity contribution in [2.45, 2.75) is 99.7 Å². The van der Waals surface area contributed by atoms with Crippen LogP contribution in [0.25, 0.3) is 0 Å². The largest absolute Gasteiger partial charge is 0.0677 e. The first-order chi connectivity index (χ1) is 13.9. The van der Waals surface area contributed by atoms with Crippen molar-refractivity contribution in [2.24, 2.45) is 23.7 Å². The molecule has 8 atom stereocenters. The molecule has 0 nitrogen and oxygen atoms in total. The fraction of sp³-hybridized carbons (Fsp3) is 0.769. The van der Waals surface area contributed by atoms with Crippen molar-refractivity contribution in [3.8, 4) is 0 Å². The van der Waals surface area contributed by atoms with E-state index >= 15 is 0 Å². The van der Waals surface area contributed by atoms with E-state index in [2.05, 4.69) is 24.3 Å². The summed E-state index contributed by atoms with van der Waals surface area (Å²) in [4.78, 5) is 0. The standard InChI is InChI=1S/C26H36P2/c1-2-12-26(28-23-15-5-9-19(23)20-10-6-16-24(20)28)25(11-1)27-21-13-3-7-17(21)18-8-4-14-22(18)27/h1-2,11-12,17-24H,3-10,13-16H2. The van der Waals surface area contributed by atoms with Crippen LogP contribution in [0.2, 0.25) is 0 Å². The molecular formula is C26H36P2. The molecule has 0 N–H and O–H groups in total. The van der Waals surface area contributed by atoms with Crippen LogP contribution in [0.15, 0.2) is 24.3 Å². The Bertz CT molecular complexity index is 656. The summed E-state index contributed by atoms with van der Waals surface area (Å²) in [7, 11) is 0.245. The maximum atomic E-state index is 2.67. The van der Waals surface area contributed by atoms with Crippen molar-refractivity contribution < 1.29 is 0 Å². The Balaban J connectivity index is 1.32. The molecular weight excluding hydrogens is 374 g/mol. The van der Waals surface area contributed by atoms with Gasteiger partial charge in [0.05, 0.1) is 0 Å². The highest BCUT2D eigenvalue weighted by molar-refractivity contribution is 7.73. The molecule has 0 bridgehead atoms. The molecule has 0 aromatic heterocycles. The highest BCUT2D eigenvalue weighted by Gasteiger charge is 2.57. The average molecular weight is 411 g/mol. The maximum absolute atomic E-state index is 2.67. The van der Waals surface area contributed by atoms with Gasteiger partial charge in [0, 0.05) is 0 Å². The third-order valence-electron chi connectivity index (χ3n) is 10.1. The lowest BCUT2D eigenvalue weighted by Gasteiger charge is -2.32. The molecule has 2 saturated heterocycles. The molecule has 0 radical (unpaired) electrons. The third kappa shape index (κ3) is 2.38. The van der Waals surface area contributed by atoms with Gasteiger partial charge in [0.15, 0.2) is 0 Å². The molecule has 0 spiro atoms. The Labute approximate surface area is 174 Å². The Kier molecular flexibility index (Phi) is 4.30. The fourth-order valence-corrected chi connectivity index (χ4v) is 18.6. The number of hydrogen-bond acceptors (Lipinski definition) is 0. The molecule has 4 saturated carbocycles. The van der Waals surface area contributed by atoms with Crippen LogP contribution in [0.4, 0.5) is 0 Å². The van der Waals surface area contributed by atoms with Gasteiger partial charge in [-0.2, -0.15) is 0 Å². The van der Waals surface area contributed by atoms with E-state index < -0.39 is 0 Å². The third-order valence-corrected chi connectivity index (χ3v) is 17.6. The first kappa shape index (κ1) is 17.7. The summed E-state index contributed by atoms with van der Waals surface area (Å²) in [6.07, 6.45) is 18.8. The van der Waals surface area contributed by atoms with Crippen molar-refractivity contribution in [1.29, 1.82) is 0 Å². The van der Waals surface area contributed by atoms with Gasteiger partial charge in [-0.25, -0.2) is 0 Å². The molecule has 2 heterocycles. The van der Waals surface area contributed by atoms with Crippen molar-refractivity contribution >= 4 is 26.5 Å². The summed E-state index contributed by atoms with van der Waals surface area (Å²) in [5.74, 6) is 4.51. The van der Waals surface area contributed by atoms with Crippen molar-refractivity contribution in [1.82, 2.24) is 0 Å². The topological polar surface area (TPSA) is 0 Å². The second-order valence-electron chi connectivity index (χ2n) is 11.0. The van der Waals surface area contributed by atoms with Crippen LogP contribution in [0, 0.1) is 23.7 Å². The van der Waals surface area contributed by atoms with Crippen LogP contribution in [-0.2, 0) is 0 Å². The summed E-state index contributed by atoms with van der Waals surface area (Å²) >= 11 is 0. The minimum atomic E-state index is 0.122. The second-order valence-corrected chi connectivity index (χ2v) is 16.2. The van der Waals surface area contributed by atoms with Crippen LogP contribution in [0.5, 0.6) is 0 Å². The fourth-order valence-electron chi connectivity index (χ4n) is 9.36. The Morgan fingerprint density at radius 2 is 0.786 bits per heavy atom. The summed E-state index contributed by atoms with van der Waals surface area (Å²) in [6.45, 7) is 0. The molecule has 1 aromatic rings. The van der Waals surface area contributed by atoms with E-state index in [1.165, 1.54) is 0 Å². The van der Waals surface area contributed by atoms with Gasteiger partial charge in [0.2, 0.25) is 0 Å². The van der Waals surface area contributed by atoms with Gasteiger partial charge in [0.1, 0.15) is 0 Å². The van der Waals surface area contributed by atoms with Crippen LogP contribution in [0.1, 0.15) is 77.0 Å². The Morgan fingerprint density at radius 1 is 0.464 bits per heavy atom. The predicted octanol–water partition coefficient (Wildman–Crippen LogP) is 6.60. The van der Waals surface area contributed by atoms with Gasteiger partial charge in [-0.3, -0.25) is 0 Å². The summed E-state index contributed by atoms with van der Waals surface area (Å²) < 4.78 is 0. The smallest absolute Gasteiger partial charge is 0.0135 e. The quantitative estimate of drug-likeness (QED) is 0.482. The van der Waals surface area contributed by atoms with Crippen molar-refractivity contribution in [3.05, 3.63) is 24.3 Å². The molecule has 28 heavy (non-hydrogen) atoms. The number of rotatable bonds is 2. The molecule has 7 rings (SSSR count). The van der Waals surface area contributed by atoms with E-state index in [1.807, 2.05) is 10.6 Å². The molecule has 6 aliphatic rings. The number of hydrogen-bond donors (Lipinski definition) is 0. The average Bonchev–Trinajstić information content (AvgIpc) is 3.48. The first-order valence-corrected chi connectivity index (χ1v) is 15.5. The van der Waals surface area contributed by atoms with Gasteiger partial charge < -0.3 is 0 Å². The molecule has 150 valence electrons. The summed E-state index contributed by atoms with van der Waals surface area (Å²) in [5.41, 5.74) is 4.45. The summed E-state index contributed by atoms with van der Waals surface area (Å²) in [6, 6.07) is 10.2. The number of benzene rings is 1. The summed E-state index contributed by atoms with van der Waals surface area (Å²) in [5, 5.41) is 3.93. The minimum Gasteiger partial charge on any atom is -0.0677 e.